The molecule has 20 heavy (non-hydrogen) atoms. The van der Waals surface area contributed by atoms with Crippen LogP contribution in [0.1, 0.15) is 37.8 Å². The number of nitrogens with one attached hydrogen (secondary N) is 1. The fraction of sp³-hybridized carbons (Fsp3) is 0.800. The summed E-state index contributed by atoms with van der Waals surface area (Å²) in [5.41, 5.74) is 1.29. The molecule has 0 spiro atoms. The van der Waals surface area contributed by atoms with Crippen molar-refractivity contribution in [2.24, 2.45) is 0 Å². The van der Waals surface area contributed by atoms with Gasteiger partial charge in [0.1, 0.15) is 0 Å². The van der Waals surface area contributed by atoms with E-state index in [-0.39, 0.29) is 0 Å². The monoisotopic (exact) mass is 280 g/mol. The van der Waals surface area contributed by atoms with Crippen LogP contribution in [0, 0.1) is 0 Å². The van der Waals surface area contributed by atoms with Gasteiger partial charge < -0.3 is 15.0 Å². The number of ether oxygens (including phenoxy) is 1. The molecule has 0 amide bonds. The summed E-state index contributed by atoms with van der Waals surface area (Å²) >= 11 is 0. The highest BCUT2D eigenvalue weighted by Gasteiger charge is 2.30. The molecule has 114 valence electrons. The molecule has 0 aliphatic heterocycles. The Morgan fingerprint density at radius 3 is 2.90 bits per heavy atom. The fourth-order valence-electron chi connectivity index (χ4n) is 3.12. The van der Waals surface area contributed by atoms with E-state index in [9.17, 15) is 0 Å². The van der Waals surface area contributed by atoms with Crippen LogP contribution >= 0.6 is 0 Å². The second-order valence-corrected chi connectivity index (χ2v) is 5.89. The minimum atomic E-state index is 0.568. The van der Waals surface area contributed by atoms with Crippen LogP contribution in [0.2, 0.25) is 0 Å². The minimum absolute atomic E-state index is 0.568. The van der Waals surface area contributed by atoms with Crippen molar-refractivity contribution < 1.29 is 4.74 Å². The minimum Gasteiger partial charge on any atom is -0.493 e. The molecule has 1 aliphatic carbocycles. The molecule has 0 radical (unpaired) electrons. The van der Waals surface area contributed by atoms with Gasteiger partial charge in [0.25, 0.3) is 0 Å². The van der Waals surface area contributed by atoms with Crippen molar-refractivity contribution >= 4 is 0 Å². The Balaban J connectivity index is 2.10. The van der Waals surface area contributed by atoms with Crippen LogP contribution in [0.4, 0.5) is 0 Å². The molecule has 1 fully saturated rings. The lowest BCUT2D eigenvalue weighted by Gasteiger charge is -2.17. The normalized spacial score (nSPS) is 22.6. The predicted molar refractivity (Wildman–Crippen MR) is 81.4 cm³/mol. The van der Waals surface area contributed by atoms with Crippen molar-refractivity contribution in [3.63, 3.8) is 0 Å². The summed E-state index contributed by atoms with van der Waals surface area (Å²) < 4.78 is 7.66. The van der Waals surface area contributed by atoms with E-state index >= 15 is 0 Å². The molecular weight excluding hydrogens is 252 g/mol. The number of hydrogen-bond acceptors (Lipinski definition) is 4. The molecule has 2 atom stereocenters. The second-order valence-electron chi connectivity index (χ2n) is 5.89. The summed E-state index contributed by atoms with van der Waals surface area (Å²) in [5, 5.41) is 8.08. The average molecular weight is 280 g/mol. The summed E-state index contributed by atoms with van der Waals surface area (Å²) in [6.45, 7) is 5.15. The second kappa shape index (κ2) is 7.09. The van der Waals surface area contributed by atoms with Gasteiger partial charge in [-0.15, -0.1) is 0 Å². The first-order chi connectivity index (χ1) is 9.65. The summed E-state index contributed by atoms with van der Waals surface area (Å²) in [6.07, 6.45) is 5.53. The summed E-state index contributed by atoms with van der Waals surface area (Å²) in [5.74, 6) is 1.52. The average Bonchev–Trinajstić information content (AvgIpc) is 3.02. The van der Waals surface area contributed by atoms with Gasteiger partial charge in [0.2, 0.25) is 0 Å². The zero-order chi connectivity index (χ0) is 14.5. The van der Waals surface area contributed by atoms with E-state index in [1.54, 1.807) is 7.11 Å². The Bertz CT molecular complexity index is 416. The molecule has 0 aromatic carbocycles. The van der Waals surface area contributed by atoms with Crippen molar-refractivity contribution in [1.29, 1.82) is 0 Å². The molecule has 5 nitrogen and oxygen atoms in total. The van der Waals surface area contributed by atoms with Crippen molar-refractivity contribution in [3.8, 4) is 5.75 Å². The van der Waals surface area contributed by atoms with Crippen molar-refractivity contribution in [1.82, 2.24) is 20.0 Å². The molecule has 0 saturated heterocycles. The Hall–Kier alpha value is -1.07. The first kappa shape index (κ1) is 15.3. The van der Waals surface area contributed by atoms with Gasteiger partial charge >= 0.3 is 0 Å². The van der Waals surface area contributed by atoms with E-state index in [4.69, 9.17) is 4.74 Å². The largest absolute Gasteiger partial charge is 0.493 e. The van der Waals surface area contributed by atoms with Crippen molar-refractivity contribution in [2.45, 2.75) is 44.7 Å². The van der Waals surface area contributed by atoms with Gasteiger partial charge in [0, 0.05) is 18.5 Å². The van der Waals surface area contributed by atoms with Gasteiger partial charge in [-0.25, -0.2) is 0 Å². The zero-order valence-electron chi connectivity index (χ0n) is 13.2. The lowest BCUT2D eigenvalue weighted by Crippen LogP contribution is -2.26. The third kappa shape index (κ3) is 3.52. The highest BCUT2D eigenvalue weighted by Crippen LogP contribution is 2.38. The topological polar surface area (TPSA) is 42.3 Å². The number of aromatic nitrogens is 2. The first-order valence-corrected chi connectivity index (χ1v) is 7.63. The van der Waals surface area contributed by atoms with Gasteiger partial charge in [-0.1, -0.05) is 6.92 Å². The lowest BCUT2D eigenvalue weighted by molar-refractivity contribution is 0.360. The van der Waals surface area contributed by atoms with E-state index in [2.05, 4.69) is 41.0 Å². The molecule has 2 rings (SSSR count). The third-order valence-corrected chi connectivity index (χ3v) is 4.14. The third-order valence-electron chi connectivity index (χ3n) is 4.14. The SMILES string of the molecule is CCNC1CCC(c2c(OC)cnn2CCN(C)C)C1. The first-order valence-electron chi connectivity index (χ1n) is 7.63. The van der Waals surface area contributed by atoms with E-state index in [0.29, 0.717) is 12.0 Å². The van der Waals surface area contributed by atoms with Gasteiger partial charge in [0.05, 0.1) is 25.5 Å². The van der Waals surface area contributed by atoms with Crippen LogP contribution in [-0.4, -0.2) is 55.0 Å². The van der Waals surface area contributed by atoms with Gasteiger partial charge in [-0.3, -0.25) is 4.68 Å². The number of methoxy groups -OCH3 is 1. The van der Waals surface area contributed by atoms with E-state index in [1.165, 1.54) is 25.0 Å². The lowest BCUT2D eigenvalue weighted by atomic mass is 10.0. The summed E-state index contributed by atoms with van der Waals surface area (Å²) in [7, 11) is 5.93. The maximum atomic E-state index is 5.52. The standard InChI is InChI=1S/C15H28N4O/c1-5-16-13-7-6-12(10-13)15-14(20-4)11-17-19(15)9-8-18(2)3/h11-13,16H,5-10H2,1-4H3. The summed E-state index contributed by atoms with van der Waals surface area (Å²) in [6, 6.07) is 0.645. The highest BCUT2D eigenvalue weighted by molar-refractivity contribution is 5.30. The highest BCUT2D eigenvalue weighted by atomic mass is 16.5. The molecular formula is C15H28N4O. The van der Waals surface area contributed by atoms with Crippen LogP contribution in [0.25, 0.3) is 0 Å². The summed E-state index contributed by atoms with van der Waals surface area (Å²) in [4.78, 5) is 2.19. The van der Waals surface area contributed by atoms with Gasteiger partial charge in [-0.2, -0.15) is 5.10 Å². The predicted octanol–water partition coefficient (Wildman–Crippen LogP) is 1.70. The molecule has 1 heterocycles. The van der Waals surface area contributed by atoms with Crippen LogP contribution in [0.3, 0.4) is 0 Å². The van der Waals surface area contributed by atoms with E-state index in [1.807, 2.05) is 6.20 Å². The molecule has 0 bridgehead atoms. The molecule has 2 unspecified atom stereocenters. The Morgan fingerprint density at radius 1 is 1.45 bits per heavy atom. The number of hydrogen-bond donors (Lipinski definition) is 1. The smallest absolute Gasteiger partial charge is 0.160 e. The molecule has 1 aromatic heterocycles. The maximum absolute atomic E-state index is 5.52. The number of rotatable bonds is 7. The van der Waals surface area contributed by atoms with Crippen LogP contribution < -0.4 is 10.1 Å². The molecule has 1 aromatic rings. The van der Waals surface area contributed by atoms with E-state index in [0.717, 1.165) is 25.4 Å². The van der Waals surface area contributed by atoms with Crippen LogP contribution in [-0.2, 0) is 6.54 Å². The van der Waals surface area contributed by atoms with Crippen molar-refractivity contribution in [3.05, 3.63) is 11.9 Å². The number of nitrogens with zero attached hydrogens (tertiary/aromatic N) is 3. The Labute approximate surface area is 122 Å². The Morgan fingerprint density at radius 2 is 2.25 bits per heavy atom. The molecule has 5 heteroatoms. The van der Waals surface area contributed by atoms with Crippen LogP contribution in [0.5, 0.6) is 5.75 Å². The van der Waals surface area contributed by atoms with Crippen molar-refractivity contribution in [2.75, 3.05) is 34.3 Å². The van der Waals surface area contributed by atoms with E-state index < -0.39 is 0 Å². The van der Waals surface area contributed by atoms with Crippen LogP contribution in [0.15, 0.2) is 6.20 Å². The number of likely N-dealkylation sites (N-methyl/N-ethyl adjacent to an activating group) is 1. The Kier molecular flexibility index (Phi) is 5.43. The quantitative estimate of drug-likeness (QED) is 0.825. The fourth-order valence-corrected chi connectivity index (χ4v) is 3.12. The van der Waals surface area contributed by atoms with Gasteiger partial charge in [-0.05, 0) is 39.9 Å². The molecule has 1 aliphatic rings. The maximum Gasteiger partial charge on any atom is 0.160 e. The zero-order valence-corrected chi connectivity index (χ0v) is 13.2. The molecule has 1 N–H and O–H groups in total. The van der Waals surface area contributed by atoms with Gasteiger partial charge in [0.15, 0.2) is 5.75 Å². The molecule has 1 saturated carbocycles.